The Bertz CT molecular complexity index is 1240. The second-order valence-electron chi connectivity index (χ2n) is 7.21. The zero-order chi connectivity index (χ0) is 23.8. The number of carbonyl (C=O) groups is 2. The molecule has 1 aromatic heterocycles. The Morgan fingerprint density at radius 1 is 0.969 bits per heavy atom. The van der Waals surface area contributed by atoms with E-state index >= 15 is 0 Å². The van der Waals surface area contributed by atoms with Crippen molar-refractivity contribution in [1.82, 2.24) is 9.13 Å². The van der Waals surface area contributed by atoms with E-state index in [2.05, 4.69) is 15.9 Å². The highest BCUT2D eigenvalue weighted by molar-refractivity contribution is 9.10. The van der Waals surface area contributed by atoms with Gasteiger partial charge < -0.3 is 0 Å². The molecule has 9 heteroatoms. The summed E-state index contributed by atoms with van der Waals surface area (Å²) in [5.41, 5.74) is -0.0513. The van der Waals surface area contributed by atoms with E-state index in [0.717, 1.165) is 20.7 Å². The zero-order valence-electron chi connectivity index (χ0n) is 17.7. The Kier molecular flexibility index (Phi) is 9.53. The van der Waals surface area contributed by atoms with Crippen LogP contribution in [0.15, 0.2) is 56.5 Å². The zero-order valence-corrected chi connectivity index (χ0v) is 20.1. The van der Waals surface area contributed by atoms with Gasteiger partial charge in [0.25, 0.3) is 5.56 Å². The molecule has 2 aromatic carbocycles. The van der Waals surface area contributed by atoms with Crippen LogP contribution in [0.2, 0.25) is 0 Å². The van der Waals surface area contributed by atoms with Crippen molar-refractivity contribution in [2.24, 2.45) is 0 Å². The predicted octanol–water partition coefficient (Wildman–Crippen LogP) is 4.30. The Balaban J connectivity index is 0.000000534. The van der Waals surface area contributed by atoms with Gasteiger partial charge in [-0.3, -0.25) is 23.5 Å². The number of rotatable bonds is 7. The first-order chi connectivity index (χ1) is 15.1. The molecule has 0 spiro atoms. The van der Waals surface area contributed by atoms with Gasteiger partial charge in [0.05, 0.1) is 17.4 Å². The van der Waals surface area contributed by atoms with Crippen molar-refractivity contribution in [3.8, 4) is 0 Å². The molecular formula is C23H23BrClFN2O4. The second kappa shape index (κ2) is 11.9. The number of aryl methyl sites for hydroxylation is 1. The van der Waals surface area contributed by atoms with Gasteiger partial charge in [-0.05, 0) is 49.7 Å². The molecule has 0 fully saturated rings. The van der Waals surface area contributed by atoms with Gasteiger partial charge in [-0.2, -0.15) is 0 Å². The van der Waals surface area contributed by atoms with Gasteiger partial charge in [0.15, 0.2) is 0 Å². The van der Waals surface area contributed by atoms with Crippen LogP contribution in [0, 0.1) is 5.82 Å². The quantitative estimate of drug-likeness (QED) is 0.431. The first kappa shape index (κ1) is 25.7. The van der Waals surface area contributed by atoms with E-state index in [0.29, 0.717) is 12.3 Å². The van der Waals surface area contributed by atoms with Crippen molar-refractivity contribution in [3.63, 3.8) is 0 Å². The molecule has 3 rings (SSSR count). The van der Waals surface area contributed by atoms with Crippen molar-refractivity contribution in [2.45, 2.75) is 39.8 Å². The Morgan fingerprint density at radius 2 is 1.59 bits per heavy atom. The highest BCUT2D eigenvalue weighted by atomic mass is 79.9. The molecule has 0 bridgehead atoms. The number of halogens is 3. The molecule has 0 aliphatic rings. The van der Waals surface area contributed by atoms with Crippen LogP contribution < -0.4 is 11.2 Å². The largest absolute Gasteiger partial charge is 0.331 e. The van der Waals surface area contributed by atoms with Crippen LogP contribution >= 0.6 is 27.5 Å². The van der Waals surface area contributed by atoms with Crippen LogP contribution in [0.1, 0.15) is 32.3 Å². The minimum atomic E-state index is -0.558. The molecule has 1 heterocycles. The molecule has 3 aromatic rings. The van der Waals surface area contributed by atoms with Crippen molar-refractivity contribution in [1.29, 1.82) is 0 Å². The average Bonchev–Trinajstić information content (AvgIpc) is 2.72. The van der Waals surface area contributed by atoms with Crippen LogP contribution in [0.3, 0.4) is 0 Å². The molecule has 0 atom stereocenters. The lowest BCUT2D eigenvalue weighted by molar-refractivity contribution is -0.117. The number of alkyl halides is 1. The summed E-state index contributed by atoms with van der Waals surface area (Å²) in [6, 6.07) is 11.0. The number of ketones is 2. The maximum absolute atomic E-state index is 13.7. The standard InChI is InChI=1S/C19H16BrFN2O3.C4H7ClO/c1-12(24)8-9-22-17-10-15(21)6-7-16(17)18(25)23(19(22)26)11-13-2-4-14(20)5-3-13;1-4(6)2-3-5/h2-7,10H,8-9,11H2,1H3;2-3H2,1H3. The van der Waals surface area contributed by atoms with E-state index < -0.39 is 17.1 Å². The van der Waals surface area contributed by atoms with Crippen LogP contribution in [0.25, 0.3) is 10.9 Å². The minimum Gasteiger partial charge on any atom is -0.300 e. The summed E-state index contributed by atoms with van der Waals surface area (Å²) >= 11 is 8.52. The van der Waals surface area contributed by atoms with Crippen LogP contribution in [0.5, 0.6) is 0 Å². The van der Waals surface area contributed by atoms with Crippen LogP contribution in [0.4, 0.5) is 4.39 Å². The Hall–Kier alpha value is -2.58. The average molecular weight is 526 g/mol. The number of fused-ring (bicyclic) bond motifs is 1. The maximum Gasteiger partial charge on any atom is 0.331 e. The van der Waals surface area contributed by atoms with E-state index in [1.54, 1.807) is 0 Å². The van der Waals surface area contributed by atoms with Gasteiger partial charge >= 0.3 is 5.69 Å². The number of nitrogens with zero attached hydrogens (tertiary/aromatic N) is 2. The first-order valence-electron chi connectivity index (χ1n) is 9.86. The van der Waals surface area contributed by atoms with Crippen LogP contribution in [-0.4, -0.2) is 26.6 Å². The monoisotopic (exact) mass is 524 g/mol. The van der Waals surface area contributed by atoms with Crippen molar-refractivity contribution in [2.75, 3.05) is 5.88 Å². The van der Waals surface area contributed by atoms with Gasteiger partial charge in [0.1, 0.15) is 17.4 Å². The van der Waals surface area contributed by atoms with Crippen molar-refractivity contribution < 1.29 is 14.0 Å². The number of Topliss-reactive ketones (excluding diaryl/α,β-unsaturated/α-hetero) is 2. The molecule has 0 N–H and O–H groups in total. The van der Waals surface area contributed by atoms with Crippen LogP contribution in [-0.2, 0) is 22.7 Å². The highest BCUT2D eigenvalue weighted by Crippen LogP contribution is 2.13. The third-order valence-corrected chi connectivity index (χ3v) is 5.29. The lowest BCUT2D eigenvalue weighted by Gasteiger charge is -2.14. The van der Waals surface area contributed by atoms with E-state index in [1.165, 1.54) is 30.5 Å². The summed E-state index contributed by atoms with van der Waals surface area (Å²) in [4.78, 5) is 47.0. The number of aromatic nitrogens is 2. The molecule has 0 radical (unpaired) electrons. The maximum atomic E-state index is 13.7. The third-order valence-electron chi connectivity index (χ3n) is 4.58. The molecule has 0 saturated heterocycles. The van der Waals surface area contributed by atoms with E-state index in [-0.39, 0.29) is 42.0 Å². The second-order valence-corrected chi connectivity index (χ2v) is 8.50. The van der Waals surface area contributed by atoms with E-state index in [4.69, 9.17) is 11.6 Å². The third kappa shape index (κ3) is 6.97. The SMILES string of the molecule is CC(=O)CCCl.CC(=O)CCn1c(=O)n(Cc2ccc(Br)cc2)c(=O)c2ccc(F)cc21. The molecule has 0 amide bonds. The molecule has 170 valence electrons. The minimum absolute atomic E-state index is 0.0906. The lowest BCUT2D eigenvalue weighted by atomic mass is 10.2. The first-order valence-corrected chi connectivity index (χ1v) is 11.2. The predicted molar refractivity (Wildman–Crippen MR) is 127 cm³/mol. The van der Waals surface area contributed by atoms with Gasteiger partial charge in [0, 0.05) is 29.7 Å². The molecule has 0 saturated carbocycles. The summed E-state index contributed by atoms with van der Waals surface area (Å²) in [5, 5.41) is 0.242. The normalized spacial score (nSPS) is 10.5. The van der Waals surface area contributed by atoms with Gasteiger partial charge in [-0.25, -0.2) is 9.18 Å². The number of hydrogen-bond acceptors (Lipinski definition) is 4. The molecular weight excluding hydrogens is 503 g/mol. The Labute approximate surface area is 197 Å². The lowest BCUT2D eigenvalue weighted by Crippen LogP contribution is -2.40. The molecule has 6 nitrogen and oxygen atoms in total. The summed E-state index contributed by atoms with van der Waals surface area (Å²) in [6.45, 7) is 3.14. The smallest absolute Gasteiger partial charge is 0.300 e. The van der Waals surface area contributed by atoms with Gasteiger partial charge in [-0.15, -0.1) is 11.6 Å². The fourth-order valence-electron chi connectivity index (χ4n) is 2.92. The van der Waals surface area contributed by atoms with E-state index in [9.17, 15) is 23.6 Å². The summed E-state index contributed by atoms with van der Waals surface area (Å²) in [7, 11) is 0. The molecule has 0 aliphatic carbocycles. The summed E-state index contributed by atoms with van der Waals surface area (Å²) in [5.74, 6) is -0.0225. The highest BCUT2D eigenvalue weighted by Gasteiger charge is 2.14. The molecule has 0 unspecified atom stereocenters. The fraction of sp³-hybridized carbons (Fsp3) is 0.304. The molecule has 0 aliphatic heterocycles. The number of hydrogen-bond donors (Lipinski definition) is 0. The topological polar surface area (TPSA) is 78.1 Å². The number of benzene rings is 2. The van der Waals surface area contributed by atoms with Crippen molar-refractivity contribution in [3.05, 3.63) is 79.2 Å². The number of carbonyl (C=O) groups excluding carboxylic acids is 2. The Morgan fingerprint density at radius 3 is 2.12 bits per heavy atom. The van der Waals surface area contributed by atoms with Gasteiger partial charge in [-0.1, -0.05) is 28.1 Å². The summed E-state index contributed by atoms with van der Waals surface area (Å²) in [6.07, 6.45) is 0.629. The van der Waals surface area contributed by atoms with E-state index in [1.807, 2.05) is 24.3 Å². The molecule has 32 heavy (non-hydrogen) atoms. The van der Waals surface area contributed by atoms with Gasteiger partial charge in [0.2, 0.25) is 0 Å². The van der Waals surface area contributed by atoms with Crippen molar-refractivity contribution >= 4 is 50.0 Å². The fourth-order valence-corrected chi connectivity index (χ4v) is 3.45. The summed E-state index contributed by atoms with van der Waals surface area (Å²) < 4.78 is 17.0.